The summed E-state index contributed by atoms with van der Waals surface area (Å²) in [6.45, 7) is 2.11. The Hall–Kier alpha value is -2.37. The lowest BCUT2D eigenvalue weighted by Crippen LogP contribution is -2.38. The van der Waals surface area contributed by atoms with Gasteiger partial charge in [-0.1, -0.05) is 6.92 Å². The van der Waals surface area contributed by atoms with Gasteiger partial charge in [-0.15, -0.1) is 0 Å². The zero-order valence-corrected chi connectivity index (χ0v) is 11.6. The van der Waals surface area contributed by atoms with Crippen LogP contribution in [-0.2, 0) is 0 Å². The Kier molecular flexibility index (Phi) is 3.16. The topological polar surface area (TPSA) is 92.2 Å². The Balaban J connectivity index is 2.31. The minimum atomic E-state index is -1.05. The molecule has 1 heterocycles. The maximum absolute atomic E-state index is 12.2. The molecular formula is C15H16N2O4. The van der Waals surface area contributed by atoms with Gasteiger partial charge in [-0.25, -0.2) is 4.79 Å². The maximum atomic E-state index is 12.2. The van der Waals surface area contributed by atoms with E-state index >= 15 is 0 Å². The van der Waals surface area contributed by atoms with Gasteiger partial charge in [0.2, 0.25) is 0 Å². The number of fused-ring (bicyclic) bond motifs is 1. The zero-order chi connectivity index (χ0) is 15.1. The molecule has 2 N–H and O–H groups in total. The van der Waals surface area contributed by atoms with Crippen molar-refractivity contribution in [3.8, 4) is 0 Å². The molecule has 6 nitrogen and oxygen atoms in total. The molecule has 0 bridgehead atoms. The van der Waals surface area contributed by atoms with Gasteiger partial charge >= 0.3 is 17.1 Å². The molecule has 1 aliphatic rings. The van der Waals surface area contributed by atoms with Crippen LogP contribution in [0.3, 0.4) is 0 Å². The number of benzene rings is 1. The van der Waals surface area contributed by atoms with Crippen LogP contribution in [0.5, 0.6) is 0 Å². The molecule has 2 unspecified atom stereocenters. The van der Waals surface area contributed by atoms with E-state index in [2.05, 4.69) is 11.9 Å². The molecule has 0 amide bonds. The summed E-state index contributed by atoms with van der Waals surface area (Å²) >= 11 is 0. The first-order valence-corrected chi connectivity index (χ1v) is 6.99. The Morgan fingerprint density at radius 3 is 2.71 bits per heavy atom. The molecule has 0 radical (unpaired) electrons. The quantitative estimate of drug-likeness (QED) is 0.823. The SMILES string of the molecule is CC1CCC(n2c(=O)c(=O)[nH]c3ccc(C(=O)O)cc32)C1. The molecule has 0 saturated heterocycles. The highest BCUT2D eigenvalue weighted by Gasteiger charge is 2.26. The summed E-state index contributed by atoms with van der Waals surface area (Å²) in [5.74, 6) is -0.555. The fourth-order valence-electron chi connectivity index (χ4n) is 3.14. The molecule has 1 aliphatic carbocycles. The van der Waals surface area contributed by atoms with Gasteiger partial charge in [0.15, 0.2) is 0 Å². The number of nitrogens with one attached hydrogen (secondary N) is 1. The lowest BCUT2D eigenvalue weighted by molar-refractivity contribution is 0.0697. The fraction of sp³-hybridized carbons (Fsp3) is 0.400. The second kappa shape index (κ2) is 4.87. The first kappa shape index (κ1) is 13.6. The fourth-order valence-corrected chi connectivity index (χ4v) is 3.14. The lowest BCUT2D eigenvalue weighted by atomic mass is 10.1. The predicted molar refractivity (Wildman–Crippen MR) is 77.8 cm³/mol. The van der Waals surface area contributed by atoms with Crippen LogP contribution in [0.1, 0.15) is 42.6 Å². The number of hydrogen-bond donors (Lipinski definition) is 2. The van der Waals surface area contributed by atoms with Gasteiger partial charge in [-0.3, -0.25) is 14.2 Å². The molecule has 0 spiro atoms. The molecule has 1 saturated carbocycles. The van der Waals surface area contributed by atoms with Gasteiger partial charge in [0.05, 0.1) is 16.6 Å². The van der Waals surface area contributed by atoms with Crippen LogP contribution in [0.25, 0.3) is 11.0 Å². The van der Waals surface area contributed by atoms with E-state index < -0.39 is 17.1 Å². The van der Waals surface area contributed by atoms with E-state index in [1.54, 1.807) is 0 Å². The van der Waals surface area contributed by atoms with E-state index in [1.165, 1.54) is 22.8 Å². The molecule has 21 heavy (non-hydrogen) atoms. The summed E-state index contributed by atoms with van der Waals surface area (Å²) < 4.78 is 1.48. The third-order valence-corrected chi connectivity index (χ3v) is 4.20. The summed E-state index contributed by atoms with van der Waals surface area (Å²) in [7, 11) is 0. The number of aromatic nitrogens is 2. The van der Waals surface area contributed by atoms with Gasteiger partial charge in [-0.2, -0.15) is 0 Å². The van der Waals surface area contributed by atoms with Crippen molar-refractivity contribution in [1.29, 1.82) is 0 Å². The number of carboxylic acid groups (broad SMARTS) is 1. The third-order valence-electron chi connectivity index (χ3n) is 4.20. The Bertz CT molecular complexity index is 834. The largest absolute Gasteiger partial charge is 0.478 e. The van der Waals surface area contributed by atoms with E-state index in [1.807, 2.05) is 0 Å². The van der Waals surface area contributed by atoms with E-state index in [-0.39, 0.29) is 11.6 Å². The van der Waals surface area contributed by atoms with Crippen molar-refractivity contribution < 1.29 is 9.90 Å². The summed E-state index contributed by atoms with van der Waals surface area (Å²) in [5.41, 5.74) is -0.189. The van der Waals surface area contributed by atoms with Crippen LogP contribution in [0.2, 0.25) is 0 Å². The molecule has 1 fully saturated rings. The minimum absolute atomic E-state index is 0.0404. The molecular weight excluding hydrogens is 272 g/mol. The van der Waals surface area contributed by atoms with Gasteiger partial charge in [0.25, 0.3) is 0 Å². The van der Waals surface area contributed by atoms with Crippen molar-refractivity contribution >= 4 is 17.0 Å². The lowest BCUT2D eigenvalue weighted by Gasteiger charge is -2.16. The molecule has 2 atom stereocenters. The van der Waals surface area contributed by atoms with Crippen LogP contribution in [0.15, 0.2) is 27.8 Å². The molecule has 3 rings (SSSR count). The summed E-state index contributed by atoms with van der Waals surface area (Å²) in [6, 6.07) is 4.38. The van der Waals surface area contributed by atoms with E-state index in [0.29, 0.717) is 17.0 Å². The Morgan fingerprint density at radius 2 is 2.10 bits per heavy atom. The van der Waals surface area contributed by atoms with Crippen molar-refractivity contribution in [2.75, 3.05) is 0 Å². The van der Waals surface area contributed by atoms with Gasteiger partial charge in [-0.05, 0) is 43.4 Å². The number of carbonyl (C=O) groups is 1. The van der Waals surface area contributed by atoms with Gasteiger partial charge < -0.3 is 10.1 Å². The summed E-state index contributed by atoms with van der Waals surface area (Å²) in [6.07, 6.45) is 2.66. The highest BCUT2D eigenvalue weighted by atomic mass is 16.4. The summed E-state index contributed by atoms with van der Waals surface area (Å²) in [5, 5.41) is 9.11. The van der Waals surface area contributed by atoms with Crippen molar-refractivity contribution in [3.05, 3.63) is 44.5 Å². The van der Waals surface area contributed by atoms with E-state index in [9.17, 15) is 14.4 Å². The number of hydrogen-bond acceptors (Lipinski definition) is 3. The van der Waals surface area contributed by atoms with Crippen molar-refractivity contribution in [3.63, 3.8) is 0 Å². The molecule has 2 aromatic rings. The second-order valence-corrected chi connectivity index (χ2v) is 5.74. The number of aromatic amines is 1. The number of rotatable bonds is 2. The van der Waals surface area contributed by atoms with Crippen molar-refractivity contribution in [2.45, 2.75) is 32.2 Å². The molecule has 6 heteroatoms. The maximum Gasteiger partial charge on any atom is 0.335 e. The number of aromatic carboxylic acids is 1. The Labute approximate surface area is 120 Å². The minimum Gasteiger partial charge on any atom is -0.478 e. The van der Waals surface area contributed by atoms with Crippen LogP contribution >= 0.6 is 0 Å². The number of nitrogens with zero attached hydrogens (tertiary/aromatic N) is 1. The van der Waals surface area contributed by atoms with Crippen LogP contribution in [0, 0.1) is 5.92 Å². The van der Waals surface area contributed by atoms with Crippen molar-refractivity contribution in [2.24, 2.45) is 5.92 Å². The standard InChI is InChI=1S/C15H16N2O4/c1-8-2-4-10(6-8)17-12-7-9(15(20)21)3-5-11(12)16-13(18)14(17)19/h3,5,7-8,10H,2,4,6H2,1H3,(H,16,18)(H,20,21). The highest BCUT2D eigenvalue weighted by Crippen LogP contribution is 2.34. The zero-order valence-electron chi connectivity index (χ0n) is 11.6. The van der Waals surface area contributed by atoms with Crippen molar-refractivity contribution in [1.82, 2.24) is 9.55 Å². The van der Waals surface area contributed by atoms with E-state index in [0.717, 1.165) is 19.3 Å². The predicted octanol–water partition coefficient (Wildman–Crippen LogP) is 1.75. The third kappa shape index (κ3) is 2.26. The monoisotopic (exact) mass is 288 g/mol. The highest BCUT2D eigenvalue weighted by molar-refractivity contribution is 5.92. The first-order chi connectivity index (χ1) is 9.97. The Morgan fingerprint density at radius 1 is 1.33 bits per heavy atom. The summed E-state index contributed by atoms with van der Waals surface area (Å²) in [4.78, 5) is 37.7. The molecule has 0 aliphatic heterocycles. The van der Waals surface area contributed by atoms with Gasteiger partial charge in [0, 0.05) is 6.04 Å². The smallest absolute Gasteiger partial charge is 0.335 e. The van der Waals surface area contributed by atoms with E-state index in [4.69, 9.17) is 5.11 Å². The second-order valence-electron chi connectivity index (χ2n) is 5.74. The molecule has 1 aromatic carbocycles. The van der Waals surface area contributed by atoms with Crippen LogP contribution < -0.4 is 11.1 Å². The number of carboxylic acids is 1. The van der Waals surface area contributed by atoms with Crippen LogP contribution in [0.4, 0.5) is 0 Å². The van der Waals surface area contributed by atoms with Gasteiger partial charge in [0.1, 0.15) is 0 Å². The van der Waals surface area contributed by atoms with Crippen LogP contribution in [-0.4, -0.2) is 20.6 Å². The average molecular weight is 288 g/mol. The number of H-pyrrole nitrogens is 1. The average Bonchev–Trinajstić information content (AvgIpc) is 2.86. The molecule has 110 valence electrons. The first-order valence-electron chi connectivity index (χ1n) is 6.99. The molecule has 1 aromatic heterocycles. The normalized spacial score (nSPS) is 21.8.